The van der Waals surface area contributed by atoms with Gasteiger partial charge in [-0.15, -0.1) is 0 Å². The number of rotatable bonds is 6. The van der Waals surface area contributed by atoms with Crippen LogP contribution in [0.2, 0.25) is 0 Å². The standard InChI is InChI=1S/C17H18BrNO3/c1-21-15-9-7-14(8-10-15)19-16(11-17(20)22-2)12-3-5-13(18)6-4-12/h3-10,16,19H,11H2,1-2H3/t16-/m0/s1. The number of esters is 1. The van der Waals surface area contributed by atoms with Gasteiger partial charge in [-0.2, -0.15) is 0 Å². The van der Waals surface area contributed by atoms with Crippen LogP contribution in [0.3, 0.4) is 0 Å². The zero-order chi connectivity index (χ0) is 15.9. The smallest absolute Gasteiger partial charge is 0.307 e. The van der Waals surface area contributed by atoms with Crippen molar-refractivity contribution in [1.29, 1.82) is 0 Å². The van der Waals surface area contributed by atoms with Crippen LogP contribution in [0.25, 0.3) is 0 Å². The molecule has 2 aromatic carbocycles. The minimum atomic E-state index is -0.256. The maximum absolute atomic E-state index is 11.7. The Balaban J connectivity index is 2.19. The van der Waals surface area contributed by atoms with E-state index in [0.717, 1.165) is 21.5 Å². The van der Waals surface area contributed by atoms with E-state index in [1.165, 1.54) is 7.11 Å². The molecule has 4 nitrogen and oxygen atoms in total. The number of ether oxygens (including phenoxy) is 2. The predicted octanol–water partition coefficient (Wildman–Crippen LogP) is 4.17. The molecule has 0 aliphatic rings. The monoisotopic (exact) mass is 363 g/mol. The molecule has 0 aliphatic carbocycles. The largest absolute Gasteiger partial charge is 0.497 e. The quantitative estimate of drug-likeness (QED) is 0.782. The fraction of sp³-hybridized carbons (Fsp3) is 0.235. The Hall–Kier alpha value is -2.01. The minimum Gasteiger partial charge on any atom is -0.497 e. The molecule has 0 radical (unpaired) electrons. The molecule has 0 heterocycles. The second-order valence-corrected chi connectivity index (χ2v) is 5.67. The van der Waals surface area contributed by atoms with Crippen LogP contribution in [0.4, 0.5) is 5.69 Å². The van der Waals surface area contributed by atoms with Crippen LogP contribution < -0.4 is 10.1 Å². The number of nitrogens with one attached hydrogen (secondary N) is 1. The molecule has 0 amide bonds. The first-order valence-electron chi connectivity index (χ1n) is 6.85. The highest BCUT2D eigenvalue weighted by molar-refractivity contribution is 9.10. The normalized spacial score (nSPS) is 11.6. The molecule has 2 rings (SSSR count). The number of methoxy groups -OCH3 is 2. The van der Waals surface area contributed by atoms with E-state index in [0.29, 0.717) is 0 Å². The highest BCUT2D eigenvalue weighted by atomic mass is 79.9. The van der Waals surface area contributed by atoms with Crippen molar-refractivity contribution in [1.82, 2.24) is 0 Å². The maximum Gasteiger partial charge on any atom is 0.307 e. The summed E-state index contributed by atoms with van der Waals surface area (Å²) in [5.41, 5.74) is 1.93. The maximum atomic E-state index is 11.7. The lowest BCUT2D eigenvalue weighted by Crippen LogP contribution is -2.16. The van der Waals surface area contributed by atoms with Crippen molar-refractivity contribution in [3.05, 3.63) is 58.6 Å². The van der Waals surface area contributed by atoms with Gasteiger partial charge in [0.25, 0.3) is 0 Å². The number of hydrogen-bond acceptors (Lipinski definition) is 4. The van der Waals surface area contributed by atoms with E-state index in [2.05, 4.69) is 21.2 Å². The average molecular weight is 364 g/mol. The molecular weight excluding hydrogens is 346 g/mol. The van der Waals surface area contributed by atoms with Gasteiger partial charge in [-0.05, 0) is 42.0 Å². The molecular formula is C17H18BrNO3. The van der Waals surface area contributed by atoms with Crippen molar-refractivity contribution in [3.63, 3.8) is 0 Å². The van der Waals surface area contributed by atoms with E-state index in [1.54, 1.807) is 7.11 Å². The van der Waals surface area contributed by atoms with Gasteiger partial charge < -0.3 is 14.8 Å². The molecule has 116 valence electrons. The molecule has 22 heavy (non-hydrogen) atoms. The summed E-state index contributed by atoms with van der Waals surface area (Å²) in [6.45, 7) is 0. The topological polar surface area (TPSA) is 47.6 Å². The summed E-state index contributed by atoms with van der Waals surface area (Å²) >= 11 is 3.42. The lowest BCUT2D eigenvalue weighted by Gasteiger charge is -2.19. The fourth-order valence-corrected chi connectivity index (χ4v) is 2.35. The third-order valence-corrected chi connectivity index (χ3v) is 3.83. The van der Waals surface area contributed by atoms with E-state index in [-0.39, 0.29) is 18.4 Å². The van der Waals surface area contributed by atoms with Crippen molar-refractivity contribution in [2.45, 2.75) is 12.5 Å². The van der Waals surface area contributed by atoms with Crippen LogP contribution in [0.1, 0.15) is 18.0 Å². The van der Waals surface area contributed by atoms with E-state index >= 15 is 0 Å². The Morgan fingerprint density at radius 1 is 1.09 bits per heavy atom. The summed E-state index contributed by atoms with van der Waals surface area (Å²) in [6, 6.07) is 15.3. The summed E-state index contributed by atoms with van der Waals surface area (Å²) in [4.78, 5) is 11.7. The first kappa shape index (κ1) is 16.4. The van der Waals surface area contributed by atoms with Gasteiger partial charge in [-0.25, -0.2) is 0 Å². The van der Waals surface area contributed by atoms with E-state index < -0.39 is 0 Å². The summed E-state index contributed by atoms with van der Waals surface area (Å²) in [7, 11) is 3.03. The molecule has 0 unspecified atom stereocenters. The van der Waals surface area contributed by atoms with Gasteiger partial charge in [0.1, 0.15) is 5.75 Å². The summed E-state index contributed by atoms with van der Waals surface area (Å²) in [5, 5.41) is 3.36. The molecule has 0 bridgehead atoms. The highest BCUT2D eigenvalue weighted by Crippen LogP contribution is 2.25. The summed E-state index contributed by atoms with van der Waals surface area (Å²) < 4.78 is 10.9. The van der Waals surface area contributed by atoms with Gasteiger partial charge in [0.05, 0.1) is 26.7 Å². The minimum absolute atomic E-state index is 0.158. The lowest BCUT2D eigenvalue weighted by molar-refractivity contribution is -0.140. The zero-order valence-corrected chi connectivity index (χ0v) is 14.1. The Kier molecular flexibility index (Phi) is 5.83. The van der Waals surface area contributed by atoms with Gasteiger partial charge in [-0.3, -0.25) is 4.79 Å². The second-order valence-electron chi connectivity index (χ2n) is 4.76. The van der Waals surface area contributed by atoms with E-state index in [9.17, 15) is 4.79 Å². The van der Waals surface area contributed by atoms with Crippen LogP contribution in [0.15, 0.2) is 53.0 Å². The van der Waals surface area contributed by atoms with Crippen molar-refractivity contribution in [3.8, 4) is 5.75 Å². The third kappa shape index (κ3) is 4.49. The first-order valence-corrected chi connectivity index (χ1v) is 7.64. The molecule has 0 saturated heterocycles. The molecule has 2 aromatic rings. The molecule has 0 aromatic heterocycles. The number of carbonyl (C=O) groups excluding carboxylic acids is 1. The predicted molar refractivity (Wildman–Crippen MR) is 90.1 cm³/mol. The Labute approximate surface area is 138 Å². The van der Waals surface area contributed by atoms with Crippen molar-refractivity contribution in [2.75, 3.05) is 19.5 Å². The fourth-order valence-electron chi connectivity index (χ4n) is 2.09. The van der Waals surface area contributed by atoms with Crippen molar-refractivity contribution in [2.24, 2.45) is 0 Å². The van der Waals surface area contributed by atoms with E-state index in [4.69, 9.17) is 9.47 Å². The molecule has 5 heteroatoms. The van der Waals surface area contributed by atoms with Crippen LogP contribution in [-0.4, -0.2) is 20.2 Å². The number of anilines is 1. The molecule has 0 saturated carbocycles. The number of benzene rings is 2. The van der Waals surface area contributed by atoms with Crippen LogP contribution in [-0.2, 0) is 9.53 Å². The van der Waals surface area contributed by atoms with E-state index in [1.807, 2.05) is 48.5 Å². The first-order chi connectivity index (χ1) is 10.6. The molecule has 1 N–H and O–H groups in total. The average Bonchev–Trinajstić information content (AvgIpc) is 2.55. The van der Waals surface area contributed by atoms with Crippen LogP contribution in [0.5, 0.6) is 5.75 Å². The molecule has 1 atom stereocenters. The summed E-state index contributed by atoms with van der Waals surface area (Å²) in [6.07, 6.45) is 0.254. The van der Waals surface area contributed by atoms with Crippen molar-refractivity contribution < 1.29 is 14.3 Å². The van der Waals surface area contributed by atoms with Gasteiger partial charge in [0.15, 0.2) is 0 Å². The van der Waals surface area contributed by atoms with Crippen LogP contribution >= 0.6 is 15.9 Å². The second kappa shape index (κ2) is 7.84. The molecule has 0 fully saturated rings. The van der Waals surface area contributed by atoms with Gasteiger partial charge in [0, 0.05) is 10.2 Å². The number of halogens is 1. The van der Waals surface area contributed by atoms with Gasteiger partial charge in [-0.1, -0.05) is 28.1 Å². The Morgan fingerprint density at radius 3 is 2.27 bits per heavy atom. The van der Waals surface area contributed by atoms with Gasteiger partial charge >= 0.3 is 5.97 Å². The third-order valence-electron chi connectivity index (χ3n) is 3.30. The molecule has 0 aliphatic heterocycles. The van der Waals surface area contributed by atoms with Gasteiger partial charge in [0.2, 0.25) is 0 Å². The van der Waals surface area contributed by atoms with Crippen LogP contribution in [0, 0.1) is 0 Å². The number of hydrogen-bond donors (Lipinski definition) is 1. The lowest BCUT2D eigenvalue weighted by atomic mass is 10.0. The number of carbonyl (C=O) groups is 1. The Morgan fingerprint density at radius 2 is 1.73 bits per heavy atom. The Bertz CT molecular complexity index is 611. The molecule has 0 spiro atoms. The summed E-state index contributed by atoms with van der Waals surface area (Å²) in [5.74, 6) is 0.535. The van der Waals surface area contributed by atoms with Crippen molar-refractivity contribution >= 4 is 27.6 Å². The highest BCUT2D eigenvalue weighted by Gasteiger charge is 2.16. The zero-order valence-electron chi connectivity index (χ0n) is 12.5. The SMILES string of the molecule is COC(=O)C[C@H](Nc1ccc(OC)cc1)c1ccc(Br)cc1.